The lowest BCUT2D eigenvalue weighted by atomic mass is 10.1. The Kier molecular flexibility index (Phi) is 3.69. The Hall–Kier alpha value is -2.83. The third-order valence-corrected chi connectivity index (χ3v) is 2.82. The van der Waals surface area contributed by atoms with Crippen LogP contribution in [0.5, 0.6) is 0 Å². The summed E-state index contributed by atoms with van der Waals surface area (Å²) < 4.78 is 0. The number of carboxylic acid groups (broad SMARTS) is 2. The van der Waals surface area contributed by atoms with E-state index in [9.17, 15) is 14.4 Å². The number of carbonyl (C=O) groups excluding carboxylic acids is 1. The van der Waals surface area contributed by atoms with Crippen LogP contribution in [0, 0.1) is 0 Å². The zero-order valence-corrected chi connectivity index (χ0v) is 10.3. The van der Waals surface area contributed by atoms with Crippen LogP contribution in [0.25, 0.3) is 10.9 Å². The van der Waals surface area contributed by atoms with E-state index in [-0.39, 0.29) is 5.56 Å². The molecule has 0 bridgehead atoms. The van der Waals surface area contributed by atoms with Crippen molar-refractivity contribution in [2.75, 3.05) is 0 Å². The van der Waals surface area contributed by atoms with Gasteiger partial charge in [-0.2, -0.15) is 0 Å². The molecule has 4 N–H and O–H groups in total. The quantitative estimate of drug-likeness (QED) is 0.644. The number of H-pyrrole nitrogens is 1. The van der Waals surface area contributed by atoms with Gasteiger partial charge < -0.3 is 20.5 Å². The number of para-hydroxylation sites is 1. The zero-order valence-electron chi connectivity index (χ0n) is 10.3. The van der Waals surface area contributed by atoms with Gasteiger partial charge in [-0.05, 0) is 6.07 Å². The van der Waals surface area contributed by atoms with E-state index in [1.807, 2.05) is 0 Å². The Labute approximate surface area is 113 Å². The second-order valence-corrected chi connectivity index (χ2v) is 4.21. The number of fused-ring (bicyclic) bond motifs is 1. The maximum Gasteiger partial charge on any atom is 0.326 e. The molecule has 1 atom stereocenters. The highest BCUT2D eigenvalue weighted by Crippen LogP contribution is 2.17. The van der Waals surface area contributed by atoms with Gasteiger partial charge in [0.2, 0.25) is 0 Å². The number of hydrogen-bond donors (Lipinski definition) is 4. The number of nitrogens with one attached hydrogen (secondary N) is 2. The molecule has 0 aliphatic carbocycles. The molecular formula is C13H12N2O5. The van der Waals surface area contributed by atoms with Crippen LogP contribution in [0.3, 0.4) is 0 Å². The van der Waals surface area contributed by atoms with Gasteiger partial charge in [0.25, 0.3) is 5.91 Å². The van der Waals surface area contributed by atoms with Crippen molar-refractivity contribution < 1.29 is 24.6 Å². The largest absolute Gasteiger partial charge is 0.481 e. The monoisotopic (exact) mass is 276 g/mol. The molecule has 1 aromatic carbocycles. The smallest absolute Gasteiger partial charge is 0.326 e. The highest BCUT2D eigenvalue weighted by molar-refractivity contribution is 6.07. The highest BCUT2D eigenvalue weighted by Gasteiger charge is 2.24. The van der Waals surface area contributed by atoms with Crippen LogP contribution in [0.1, 0.15) is 16.8 Å². The second kappa shape index (κ2) is 5.43. The molecule has 0 aliphatic rings. The van der Waals surface area contributed by atoms with Crippen molar-refractivity contribution in [2.24, 2.45) is 0 Å². The standard InChI is InChI=1S/C13H12N2O5/c16-11(17)5-10(13(19)20)15-12(18)8-6-14-9-4-2-1-3-7(8)9/h1-4,6,10,14H,5H2,(H,15,18)(H,16,17)(H,19,20)/t10-/m0/s1. The van der Waals surface area contributed by atoms with Crippen molar-refractivity contribution in [3.8, 4) is 0 Å². The number of carboxylic acids is 2. The molecule has 1 amide bonds. The lowest BCUT2D eigenvalue weighted by Gasteiger charge is -2.11. The highest BCUT2D eigenvalue weighted by atomic mass is 16.4. The third-order valence-electron chi connectivity index (χ3n) is 2.82. The number of rotatable bonds is 5. The first-order valence-electron chi connectivity index (χ1n) is 5.80. The SMILES string of the molecule is O=C(O)C[C@H](NC(=O)c1c[nH]c2ccccc12)C(=O)O. The van der Waals surface area contributed by atoms with Gasteiger partial charge in [0.15, 0.2) is 0 Å². The summed E-state index contributed by atoms with van der Waals surface area (Å²) in [5.41, 5.74) is 1.01. The molecular weight excluding hydrogens is 264 g/mol. The molecule has 0 aliphatic heterocycles. The van der Waals surface area contributed by atoms with E-state index in [2.05, 4.69) is 10.3 Å². The van der Waals surface area contributed by atoms with Crippen molar-refractivity contribution in [1.82, 2.24) is 10.3 Å². The molecule has 104 valence electrons. The first kappa shape index (κ1) is 13.6. The summed E-state index contributed by atoms with van der Waals surface area (Å²) in [7, 11) is 0. The van der Waals surface area contributed by atoms with Gasteiger partial charge in [-0.15, -0.1) is 0 Å². The van der Waals surface area contributed by atoms with Gasteiger partial charge in [-0.25, -0.2) is 4.79 Å². The van der Waals surface area contributed by atoms with Crippen LogP contribution in [-0.2, 0) is 9.59 Å². The molecule has 0 fully saturated rings. The van der Waals surface area contributed by atoms with Crippen LogP contribution in [-0.4, -0.2) is 39.1 Å². The van der Waals surface area contributed by atoms with Crippen LogP contribution in [0.4, 0.5) is 0 Å². The van der Waals surface area contributed by atoms with E-state index in [1.54, 1.807) is 24.3 Å². The van der Waals surface area contributed by atoms with Crippen molar-refractivity contribution in [3.63, 3.8) is 0 Å². The summed E-state index contributed by atoms with van der Waals surface area (Å²) >= 11 is 0. The van der Waals surface area contributed by atoms with Gasteiger partial charge in [0, 0.05) is 17.1 Å². The number of hydrogen-bond acceptors (Lipinski definition) is 3. The predicted molar refractivity (Wildman–Crippen MR) is 69.4 cm³/mol. The van der Waals surface area contributed by atoms with Crippen LogP contribution < -0.4 is 5.32 Å². The number of aromatic amines is 1. The molecule has 7 heteroatoms. The fourth-order valence-electron chi connectivity index (χ4n) is 1.87. The Morgan fingerprint density at radius 3 is 2.55 bits per heavy atom. The minimum atomic E-state index is -1.46. The number of benzene rings is 1. The zero-order chi connectivity index (χ0) is 14.7. The summed E-state index contributed by atoms with van der Waals surface area (Å²) in [6, 6.07) is 5.57. The molecule has 0 saturated heterocycles. The average Bonchev–Trinajstić information content (AvgIpc) is 2.81. The van der Waals surface area contributed by atoms with Crippen molar-refractivity contribution >= 4 is 28.7 Å². The van der Waals surface area contributed by atoms with Gasteiger partial charge in [-0.3, -0.25) is 9.59 Å². The van der Waals surface area contributed by atoms with Crippen molar-refractivity contribution in [1.29, 1.82) is 0 Å². The molecule has 1 heterocycles. The Morgan fingerprint density at radius 1 is 1.20 bits per heavy atom. The number of aromatic nitrogens is 1. The van der Waals surface area contributed by atoms with Gasteiger partial charge >= 0.3 is 11.9 Å². The maximum atomic E-state index is 12.0. The first-order chi connectivity index (χ1) is 9.49. The van der Waals surface area contributed by atoms with Gasteiger partial charge in [-0.1, -0.05) is 18.2 Å². The lowest BCUT2D eigenvalue weighted by molar-refractivity contribution is -0.145. The second-order valence-electron chi connectivity index (χ2n) is 4.21. The summed E-state index contributed by atoms with van der Waals surface area (Å²) in [5, 5.41) is 20.4. The Bertz CT molecular complexity index is 676. The fourth-order valence-corrected chi connectivity index (χ4v) is 1.87. The molecule has 7 nitrogen and oxygen atoms in total. The predicted octanol–water partition coefficient (Wildman–Crippen LogP) is 0.826. The molecule has 20 heavy (non-hydrogen) atoms. The molecule has 2 aromatic rings. The lowest BCUT2D eigenvalue weighted by Crippen LogP contribution is -2.42. The molecule has 1 aromatic heterocycles. The van der Waals surface area contributed by atoms with E-state index in [0.717, 1.165) is 5.52 Å². The van der Waals surface area contributed by atoms with Crippen molar-refractivity contribution in [2.45, 2.75) is 12.5 Å². The van der Waals surface area contributed by atoms with E-state index < -0.39 is 30.3 Å². The maximum absolute atomic E-state index is 12.0. The van der Waals surface area contributed by atoms with Gasteiger partial charge in [0.1, 0.15) is 6.04 Å². The number of carbonyl (C=O) groups is 3. The van der Waals surface area contributed by atoms with Crippen molar-refractivity contribution in [3.05, 3.63) is 36.0 Å². The molecule has 0 spiro atoms. The number of aliphatic carboxylic acids is 2. The molecule has 0 saturated carbocycles. The first-order valence-corrected chi connectivity index (χ1v) is 5.80. The van der Waals surface area contributed by atoms with Crippen LogP contribution in [0.15, 0.2) is 30.5 Å². The van der Waals surface area contributed by atoms with E-state index in [4.69, 9.17) is 10.2 Å². The summed E-state index contributed by atoms with van der Waals surface area (Å²) in [5.74, 6) is -3.31. The van der Waals surface area contributed by atoms with Crippen LogP contribution in [0.2, 0.25) is 0 Å². The van der Waals surface area contributed by atoms with E-state index >= 15 is 0 Å². The number of amides is 1. The minimum absolute atomic E-state index is 0.275. The average molecular weight is 276 g/mol. The summed E-state index contributed by atoms with van der Waals surface area (Å²) in [6.07, 6.45) is 0.781. The normalized spacial score (nSPS) is 12.0. The minimum Gasteiger partial charge on any atom is -0.481 e. The Morgan fingerprint density at radius 2 is 1.90 bits per heavy atom. The Balaban J connectivity index is 2.22. The molecule has 0 radical (unpaired) electrons. The van der Waals surface area contributed by atoms with Crippen LogP contribution >= 0.6 is 0 Å². The molecule has 2 rings (SSSR count). The van der Waals surface area contributed by atoms with Gasteiger partial charge in [0.05, 0.1) is 12.0 Å². The third kappa shape index (κ3) is 2.77. The fraction of sp³-hybridized carbons (Fsp3) is 0.154. The van der Waals surface area contributed by atoms with E-state index in [1.165, 1.54) is 6.20 Å². The summed E-state index contributed by atoms with van der Waals surface area (Å²) in [4.78, 5) is 36.4. The van der Waals surface area contributed by atoms with E-state index in [0.29, 0.717) is 5.39 Å². The molecule has 0 unspecified atom stereocenters. The topological polar surface area (TPSA) is 119 Å². The summed E-state index contributed by atoms with van der Waals surface area (Å²) in [6.45, 7) is 0.